The third-order valence-electron chi connectivity index (χ3n) is 3.44. The Labute approximate surface area is 106 Å². The van der Waals surface area contributed by atoms with E-state index >= 15 is 0 Å². The summed E-state index contributed by atoms with van der Waals surface area (Å²) in [5, 5.41) is 4.81. The summed E-state index contributed by atoms with van der Waals surface area (Å²) in [4.78, 5) is 1.31. The molecule has 1 aromatic heterocycles. The van der Waals surface area contributed by atoms with Crippen LogP contribution in [0.15, 0.2) is 27.5 Å². The van der Waals surface area contributed by atoms with Crippen molar-refractivity contribution in [1.29, 1.82) is 0 Å². The molecule has 0 spiro atoms. The van der Waals surface area contributed by atoms with Crippen molar-refractivity contribution < 1.29 is 4.42 Å². The predicted octanol–water partition coefficient (Wildman–Crippen LogP) is 3.23. The molecule has 0 saturated carbocycles. The Kier molecular flexibility index (Phi) is 2.89. The van der Waals surface area contributed by atoms with Gasteiger partial charge in [-0.1, -0.05) is 0 Å². The first-order valence-corrected chi connectivity index (χ1v) is 7.32. The molecule has 0 radical (unpaired) electrons. The number of nitrogens with one attached hydrogen (secondary N) is 1. The first-order valence-electron chi connectivity index (χ1n) is 6.09. The van der Waals surface area contributed by atoms with Gasteiger partial charge < -0.3 is 9.73 Å². The molecular weight excluding hydrogens is 230 g/mol. The first kappa shape index (κ1) is 11.2. The molecule has 1 aliphatic heterocycles. The van der Waals surface area contributed by atoms with Crippen LogP contribution in [0.5, 0.6) is 0 Å². The van der Waals surface area contributed by atoms with Crippen molar-refractivity contribution in [1.82, 2.24) is 5.32 Å². The average Bonchev–Trinajstić information content (AvgIpc) is 2.55. The minimum atomic E-state index is 0.511. The highest BCUT2D eigenvalue weighted by atomic mass is 32.2. The van der Waals surface area contributed by atoms with Crippen molar-refractivity contribution in [3.63, 3.8) is 0 Å². The molecule has 3 heteroatoms. The van der Waals surface area contributed by atoms with Crippen LogP contribution in [0.2, 0.25) is 0 Å². The Morgan fingerprint density at radius 1 is 1.41 bits per heavy atom. The van der Waals surface area contributed by atoms with Crippen molar-refractivity contribution >= 4 is 22.7 Å². The van der Waals surface area contributed by atoms with Crippen LogP contribution in [0.4, 0.5) is 0 Å². The summed E-state index contributed by atoms with van der Waals surface area (Å²) in [6.07, 6.45) is 4.19. The zero-order valence-electron chi connectivity index (χ0n) is 10.2. The van der Waals surface area contributed by atoms with Crippen molar-refractivity contribution in [2.24, 2.45) is 0 Å². The fourth-order valence-corrected chi connectivity index (χ4v) is 2.98. The van der Waals surface area contributed by atoms with Crippen LogP contribution in [-0.2, 0) is 12.8 Å². The van der Waals surface area contributed by atoms with Gasteiger partial charge in [-0.25, -0.2) is 0 Å². The number of benzene rings is 1. The van der Waals surface area contributed by atoms with Gasteiger partial charge in [0.2, 0.25) is 0 Å². The highest BCUT2D eigenvalue weighted by Crippen LogP contribution is 2.31. The van der Waals surface area contributed by atoms with Crippen LogP contribution < -0.4 is 5.32 Å². The molecule has 0 saturated heterocycles. The molecule has 0 aliphatic carbocycles. The van der Waals surface area contributed by atoms with Gasteiger partial charge >= 0.3 is 0 Å². The maximum atomic E-state index is 5.99. The summed E-state index contributed by atoms with van der Waals surface area (Å²) in [6.45, 7) is 3.27. The fourth-order valence-electron chi connectivity index (χ4n) is 2.54. The van der Waals surface area contributed by atoms with E-state index < -0.39 is 0 Å². The molecule has 0 bridgehead atoms. The summed E-state index contributed by atoms with van der Waals surface area (Å²) in [7, 11) is 0. The van der Waals surface area contributed by atoms with Crippen LogP contribution >= 0.6 is 11.8 Å². The Morgan fingerprint density at radius 2 is 2.29 bits per heavy atom. The van der Waals surface area contributed by atoms with Crippen molar-refractivity contribution in [2.75, 3.05) is 12.8 Å². The molecule has 1 unspecified atom stereocenters. The lowest BCUT2D eigenvalue weighted by atomic mass is 10.1. The molecule has 1 atom stereocenters. The molecule has 17 heavy (non-hydrogen) atoms. The van der Waals surface area contributed by atoms with Crippen LogP contribution in [0, 0.1) is 0 Å². The second kappa shape index (κ2) is 4.39. The molecule has 3 rings (SSSR count). The van der Waals surface area contributed by atoms with Gasteiger partial charge in [0.25, 0.3) is 0 Å². The molecule has 0 amide bonds. The molecule has 2 aromatic rings. The largest absolute Gasteiger partial charge is 0.461 e. The molecule has 2 heterocycles. The van der Waals surface area contributed by atoms with Crippen LogP contribution in [-0.4, -0.2) is 18.8 Å². The number of fused-ring (bicyclic) bond motifs is 3. The topological polar surface area (TPSA) is 25.2 Å². The van der Waals surface area contributed by atoms with Crippen molar-refractivity contribution in [3.05, 3.63) is 29.5 Å². The Balaban J connectivity index is 2.15. The van der Waals surface area contributed by atoms with Gasteiger partial charge in [0.05, 0.1) is 0 Å². The lowest BCUT2D eigenvalue weighted by molar-refractivity contribution is 0.495. The average molecular weight is 247 g/mol. The van der Waals surface area contributed by atoms with Gasteiger partial charge in [0.1, 0.15) is 11.3 Å². The predicted molar refractivity (Wildman–Crippen MR) is 72.9 cm³/mol. The van der Waals surface area contributed by atoms with E-state index in [-0.39, 0.29) is 0 Å². The molecular formula is C14H17NOS. The number of hydrogen-bond donors (Lipinski definition) is 1. The van der Waals surface area contributed by atoms with E-state index in [0.29, 0.717) is 6.04 Å². The minimum Gasteiger partial charge on any atom is -0.461 e. The Morgan fingerprint density at radius 3 is 3.12 bits per heavy atom. The zero-order chi connectivity index (χ0) is 11.8. The zero-order valence-corrected chi connectivity index (χ0v) is 11.1. The number of furan rings is 1. The van der Waals surface area contributed by atoms with Crippen molar-refractivity contribution in [3.8, 4) is 0 Å². The highest BCUT2D eigenvalue weighted by molar-refractivity contribution is 7.98. The standard InChI is InChI=1S/C14H17NOS/c1-9-7-14-11(5-6-15-9)12-8-10(17-2)3-4-13(12)16-14/h3-4,8-9,15H,5-7H2,1-2H3. The maximum absolute atomic E-state index is 5.99. The van der Waals surface area contributed by atoms with E-state index in [1.807, 2.05) is 0 Å². The van der Waals surface area contributed by atoms with Crippen LogP contribution in [0.3, 0.4) is 0 Å². The summed E-state index contributed by atoms with van der Waals surface area (Å²) in [5.74, 6) is 1.18. The van der Waals surface area contributed by atoms with E-state index in [0.717, 1.165) is 25.0 Å². The summed E-state index contributed by atoms with van der Waals surface area (Å²) in [6, 6.07) is 7.01. The lowest BCUT2D eigenvalue weighted by Crippen LogP contribution is -2.27. The number of hydrogen-bond acceptors (Lipinski definition) is 3. The highest BCUT2D eigenvalue weighted by Gasteiger charge is 2.19. The van der Waals surface area contributed by atoms with E-state index in [4.69, 9.17) is 4.42 Å². The molecule has 1 N–H and O–H groups in total. The first-order chi connectivity index (χ1) is 8.28. The van der Waals surface area contributed by atoms with Crippen molar-refractivity contribution in [2.45, 2.75) is 30.7 Å². The smallest absolute Gasteiger partial charge is 0.134 e. The van der Waals surface area contributed by atoms with E-state index in [1.165, 1.54) is 21.6 Å². The van der Waals surface area contributed by atoms with E-state index in [9.17, 15) is 0 Å². The van der Waals surface area contributed by atoms with Crippen LogP contribution in [0.1, 0.15) is 18.2 Å². The lowest BCUT2D eigenvalue weighted by Gasteiger charge is -2.07. The van der Waals surface area contributed by atoms with Gasteiger partial charge in [-0.05, 0) is 44.3 Å². The van der Waals surface area contributed by atoms with Gasteiger partial charge in [0, 0.05) is 28.3 Å². The normalized spacial score (nSPS) is 20.2. The van der Waals surface area contributed by atoms with Crippen LogP contribution in [0.25, 0.3) is 11.0 Å². The molecule has 2 nitrogen and oxygen atoms in total. The monoisotopic (exact) mass is 247 g/mol. The second-order valence-corrected chi connectivity index (χ2v) is 5.55. The van der Waals surface area contributed by atoms with Gasteiger partial charge in [-0.3, -0.25) is 0 Å². The number of rotatable bonds is 1. The summed E-state index contributed by atoms with van der Waals surface area (Å²) < 4.78 is 5.99. The second-order valence-electron chi connectivity index (χ2n) is 4.68. The maximum Gasteiger partial charge on any atom is 0.134 e. The summed E-state index contributed by atoms with van der Waals surface area (Å²) in [5.41, 5.74) is 2.45. The SMILES string of the molecule is CSc1ccc2oc3c(c2c1)CCNC(C)C3. The fraction of sp³-hybridized carbons (Fsp3) is 0.429. The number of thioether (sulfide) groups is 1. The van der Waals surface area contributed by atoms with Gasteiger partial charge in [-0.15, -0.1) is 11.8 Å². The third kappa shape index (κ3) is 1.98. The van der Waals surface area contributed by atoms with E-state index in [1.54, 1.807) is 11.8 Å². The molecule has 1 aliphatic rings. The summed E-state index contributed by atoms with van der Waals surface area (Å²) >= 11 is 1.79. The molecule has 90 valence electrons. The Hall–Kier alpha value is -0.930. The molecule has 1 aromatic carbocycles. The van der Waals surface area contributed by atoms with Gasteiger partial charge in [-0.2, -0.15) is 0 Å². The van der Waals surface area contributed by atoms with E-state index in [2.05, 4.69) is 36.7 Å². The minimum absolute atomic E-state index is 0.511. The van der Waals surface area contributed by atoms with Gasteiger partial charge in [0.15, 0.2) is 0 Å². The quantitative estimate of drug-likeness (QED) is 0.783. The Bertz CT molecular complexity index is 546. The molecule has 0 fully saturated rings. The third-order valence-corrected chi connectivity index (χ3v) is 4.17.